The molecule has 5 nitrogen and oxygen atoms in total. The largest absolute Gasteiger partial charge is 0.367 e. The smallest absolute Gasteiger partial charge is 0.323 e. The third-order valence-electron chi connectivity index (χ3n) is 3.32. The number of nitrogens with one attached hydrogen (secondary N) is 2. The van der Waals surface area contributed by atoms with Gasteiger partial charge in [0.2, 0.25) is 0 Å². The number of hydrogen-bond acceptors (Lipinski definition) is 3. The molecule has 1 aliphatic heterocycles. The Kier molecular flexibility index (Phi) is 2.56. The maximum absolute atomic E-state index is 12.2. The van der Waals surface area contributed by atoms with Crippen molar-refractivity contribution in [1.82, 2.24) is 9.97 Å². The lowest BCUT2D eigenvalue weighted by atomic mass is 10.0. The fourth-order valence-electron chi connectivity index (χ4n) is 2.37. The van der Waals surface area contributed by atoms with Gasteiger partial charge in [-0.05, 0) is 38.0 Å². The molecule has 0 aliphatic carbocycles. The maximum Gasteiger partial charge on any atom is 0.323 e. The van der Waals surface area contributed by atoms with Crippen molar-refractivity contribution in [2.45, 2.75) is 32.0 Å². The highest BCUT2D eigenvalue weighted by molar-refractivity contribution is 6.01. The summed E-state index contributed by atoms with van der Waals surface area (Å²) >= 11 is 0. The van der Waals surface area contributed by atoms with Crippen LogP contribution < -0.4 is 5.69 Å². The van der Waals surface area contributed by atoms with E-state index in [-0.39, 0.29) is 23.7 Å². The maximum atomic E-state index is 12.2. The average Bonchev–Trinajstić information content (AvgIpc) is 2.92. The molecule has 0 amide bonds. The molecule has 0 bridgehead atoms. The Balaban J connectivity index is 1.93. The molecule has 2 N–H and O–H groups in total. The zero-order valence-corrected chi connectivity index (χ0v) is 10.0. The normalized spacial score (nSPS) is 23.6. The van der Waals surface area contributed by atoms with Crippen molar-refractivity contribution < 1.29 is 9.53 Å². The number of carbonyl (C=O) groups excluding carboxylic acids is 1. The van der Waals surface area contributed by atoms with Crippen LogP contribution in [0.3, 0.4) is 0 Å². The molecule has 94 valence electrons. The van der Waals surface area contributed by atoms with Crippen LogP contribution in [0.15, 0.2) is 23.0 Å². The van der Waals surface area contributed by atoms with Gasteiger partial charge in [0, 0.05) is 5.56 Å². The Labute approximate surface area is 103 Å². The van der Waals surface area contributed by atoms with Crippen LogP contribution in [-0.2, 0) is 4.74 Å². The average molecular weight is 246 g/mol. The van der Waals surface area contributed by atoms with Gasteiger partial charge in [0.1, 0.15) is 6.10 Å². The molecule has 0 spiro atoms. The molecule has 5 heteroatoms. The third-order valence-corrected chi connectivity index (χ3v) is 3.32. The molecule has 18 heavy (non-hydrogen) atoms. The first-order valence-electron chi connectivity index (χ1n) is 6.05. The molecule has 0 radical (unpaired) electrons. The van der Waals surface area contributed by atoms with Crippen LogP contribution in [0, 0.1) is 0 Å². The zero-order valence-electron chi connectivity index (χ0n) is 10.0. The second kappa shape index (κ2) is 4.10. The minimum Gasteiger partial charge on any atom is -0.367 e. The molecule has 0 saturated carbocycles. The van der Waals surface area contributed by atoms with Crippen LogP contribution in [0.25, 0.3) is 11.0 Å². The first kappa shape index (κ1) is 11.2. The molecule has 2 atom stereocenters. The van der Waals surface area contributed by atoms with Crippen molar-refractivity contribution in [1.29, 1.82) is 0 Å². The van der Waals surface area contributed by atoms with Gasteiger partial charge < -0.3 is 14.7 Å². The highest BCUT2D eigenvalue weighted by atomic mass is 16.5. The van der Waals surface area contributed by atoms with Gasteiger partial charge in [-0.25, -0.2) is 4.79 Å². The Hall–Kier alpha value is -1.88. The summed E-state index contributed by atoms with van der Waals surface area (Å²) in [7, 11) is 0. The number of carbonyl (C=O) groups is 1. The number of imidazole rings is 1. The van der Waals surface area contributed by atoms with E-state index in [0.717, 1.165) is 12.8 Å². The number of benzene rings is 1. The lowest BCUT2D eigenvalue weighted by Crippen LogP contribution is -2.20. The molecule has 1 aromatic carbocycles. The van der Waals surface area contributed by atoms with E-state index in [9.17, 15) is 9.59 Å². The van der Waals surface area contributed by atoms with Crippen LogP contribution in [0.4, 0.5) is 0 Å². The number of aromatic amines is 2. The fraction of sp³-hybridized carbons (Fsp3) is 0.385. The van der Waals surface area contributed by atoms with E-state index in [0.29, 0.717) is 16.6 Å². The van der Waals surface area contributed by atoms with Gasteiger partial charge in [-0.3, -0.25) is 4.79 Å². The Bertz CT molecular complexity index is 656. The molecular formula is C13H14N2O3. The summed E-state index contributed by atoms with van der Waals surface area (Å²) in [5, 5.41) is 0. The number of fused-ring (bicyclic) bond motifs is 1. The van der Waals surface area contributed by atoms with E-state index in [1.807, 2.05) is 6.92 Å². The second-order valence-electron chi connectivity index (χ2n) is 4.72. The quantitative estimate of drug-likeness (QED) is 0.790. The van der Waals surface area contributed by atoms with Gasteiger partial charge in [-0.2, -0.15) is 0 Å². The standard InChI is InChI=1S/C13H14N2O3/c1-7-2-5-11(18-7)12(16)8-3-4-9-10(6-8)15-13(17)14-9/h3-4,6-7,11H,2,5H2,1H3,(H2,14,15,17). The minimum absolute atomic E-state index is 0.0108. The number of aromatic nitrogens is 2. The van der Waals surface area contributed by atoms with Crippen molar-refractivity contribution in [3.8, 4) is 0 Å². The van der Waals surface area contributed by atoms with Crippen LogP contribution in [-0.4, -0.2) is 28.0 Å². The van der Waals surface area contributed by atoms with Gasteiger partial charge in [0.25, 0.3) is 0 Å². The molecule has 1 fully saturated rings. The third kappa shape index (κ3) is 1.86. The van der Waals surface area contributed by atoms with E-state index < -0.39 is 0 Å². The predicted octanol–water partition coefficient (Wildman–Crippen LogP) is 1.61. The van der Waals surface area contributed by atoms with Gasteiger partial charge in [-0.15, -0.1) is 0 Å². The molecule has 2 aromatic rings. The highest BCUT2D eigenvalue weighted by Gasteiger charge is 2.28. The van der Waals surface area contributed by atoms with E-state index in [1.54, 1.807) is 18.2 Å². The zero-order chi connectivity index (χ0) is 12.7. The van der Waals surface area contributed by atoms with Crippen molar-refractivity contribution >= 4 is 16.8 Å². The molecule has 2 unspecified atom stereocenters. The van der Waals surface area contributed by atoms with E-state index >= 15 is 0 Å². The lowest BCUT2D eigenvalue weighted by Gasteiger charge is -2.09. The van der Waals surface area contributed by atoms with Crippen LogP contribution in [0.5, 0.6) is 0 Å². The van der Waals surface area contributed by atoms with Crippen molar-refractivity contribution in [2.75, 3.05) is 0 Å². The topological polar surface area (TPSA) is 75.0 Å². The minimum atomic E-state index is -0.344. The summed E-state index contributed by atoms with van der Waals surface area (Å²) in [5.41, 5.74) is 1.67. The summed E-state index contributed by atoms with van der Waals surface area (Å²) in [6.45, 7) is 1.97. The van der Waals surface area contributed by atoms with Crippen molar-refractivity contribution in [3.63, 3.8) is 0 Å². The monoisotopic (exact) mass is 246 g/mol. The SMILES string of the molecule is CC1CCC(C(=O)c2ccc3[nH]c(=O)[nH]c3c2)O1. The Morgan fingerprint density at radius 2 is 2.06 bits per heavy atom. The number of Topliss-reactive ketones (excluding diaryl/α,β-unsaturated/α-hetero) is 1. The molecule has 1 saturated heterocycles. The van der Waals surface area contributed by atoms with Crippen molar-refractivity contribution in [3.05, 3.63) is 34.2 Å². The number of ketones is 1. The highest BCUT2D eigenvalue weighted by Crippen LogP contribution is 2.23. The summed E-state index contributed by atoms with van der Waals surface area (Å²) in [6.07, 6.45) is 1.49. The number of H-pyrrole nitrogens is 2. The molecule has 1 aliphatic rings. The summed E-state index contributed by atoms with van der Waals surface area (Å²) in [6, 6.07) is 5.15. The van der Waals surface area contributed by atoms with E-state index in [1.165, 1.54) is 0 Å². The Morgan fingerprint density at radius 1 is 1.28 bits per heavy atom. The lowest BCUT2D eigenvalue weighted by molar-refractivity contribution is 0.0433. The van der Waals surface area contributed by atoms with Gasteiger partial charge in [0.05, 0.1) is 17.1 Å². The summed E-state index contributed by atoms with van der Waals surface area (Å²) in [4.78, 5) is 28.7. The number of ether oxygens (including phenoxy) is 1. The van der Waals surface area contributed by atoms with E-state index in [4.69, 9.17) is 4.74 Å². The molecule has 2 heterocycles. The first-order chi connectivity index (χ1) is 8.63. The molecular weight excluding hydrogens is 232 g/mol. The van der Waals surface area contributed by atoms with Gasteiger partial charge >= 0.3 is 5.69 Å². The fourth-order valence-corrected chi connectivity index (χ4v) is 2.37. The molecule has 1 aromatic heterocycles. The Morgan fingerprint density at radius 3 is 2.78 bits per heavy atom. The second-order valence-corrected chi connectivity index (χ2v) is 4.72. The number of hydrogen-bond donors (Lipinski definition) is 2. The van der Waals surface area contributed by atoms with Crippen molar-refractivity contribution in [2.24, 2.45) is 0 Å². The van der Waals surface area contributed by atoms with Crippen LogP contribution >= 0.6 is 0 Å². The van der Waals surface area contributed by atoms with Crippen LogP contribution in [0.2, 0.25) is 0 Å². The summed E-state index contributed by atoms with van der Waals surface area (Å²) < 4.78 is 5.57. The van der Waals surface area contributed by atoms with E-state index in [2.05, 4.69) is 9.97 Å². The number of rotatable bonds is 2. The predicted molar refractivity (Wildman–Crippen MR) is 66.8 cm³/mol. The van der Waals surface area contributed by atoms with Crippen LogP contribution in [0.1, 0.15) is 30.1 Å². The van der Waals surface area contributed by atoms with Gasteiger partial charge in [0.15, 0.2) is 5.78 Å². The first-order valence-corrected chi connectivity index (χ1v) is 6.05. The van der Waals surface area contributed by atoms with Gasteiger partial charge in [-0.1, -0.05) is 0 Å². The summed E-state index contributed by atoms with van der Waals surface area (Å²) in [5.74, 6) is -0.0108. The molecule has 3 rings (SSSR count).